The summed E-state index contributed by atoms with van der Waals surface area (Å²) in [6.45, 7) is 4.89. The van der Waals surface area contributed by atoms with Gasteiger partial charge in [0.15, 0.2) is 0 Å². The number of urea groups is 1. The van der Waals surface area contributed by atoms with E-state index in [-0.39, 0.29) is 24.0 Å². The maximum Gasteiger partial charge on any atom is 0.318 e. The molecule has 0 spiro atoms. The highest BCUT2D eigenvalue weighted by Gasteiger charge is 2.51. The lowest BCUT2D eigenvalue weighted by molar-refractivity contribution is -0.138. The largest absolute Gasteiger partial charge is 0.481 e. The molecule has 0 bridgehead atoms. The van der Waals surface area contributed by atoms with Gasteiger partial charge in [-0.3, -0.25) is 4.79 Å². The van der Waals surface area contributed by atoms with E-state index < -0.39 is 5.97 Å². The van der Waals surface area contributed by atoms with Gasteiger partial charge in [-0.2, -0.15) is 0 Å². The van der Waals surface area contributed by atoms with E-state index in [9.17, 15) is 9.59 Å². The average Bonchev–Trinajstić information content (AvgIpc) is 2.85. The zero-order chi connectivity index (χ0) is 11.9. The highest BCUT2D eigenvalue weighted by molar-refractivity contribution is 5.81. The minimum absolute atomic E-state index is 0.0744. The van der Waals surface area contributed by atoms with E-state index in [4.69, 9.17) is 5.11 Å². The first-order chi connectivity index (χ1) is 7.49. The van der Waals surface area contributed by atoms with Crippen molar-refractivity contribution in [2.24, 2.45) is 11.8 Å². The third-order valence-electron chi connectivity index (χ3n) is 3.24. The number of amides is 2. The second kappa shape index (κ2) is 3.96. The van der Waals surface area contributed by atoms with Crippen LogP contribution in [0.3, 0.4) is 0 Å². The van der Waals surface area contributed by atoms with Gasteiger partial charge in [-0.1, -0.05) is 13.8 Å². The third-order valence-corrected chi connectivity index (χ3v) is 3.24. The fourth-order valence-corrected chi connectivity index (χ4v) is 2.40. The fourth-order valence-electron chi connectivity index (χ4n) is 2.40. The lowest BCUT2D eigenvalue weighted by Crippen LogP contribution is -2.32. The molecule has 1 saturated heterocycles. The Kier molecular flexibility index (Phi) is 2.78. The summed E-state index contributed by atoms with van der Waals surface area (Å²) >= 11 is 0. The second-order valence-corrected chi connectivity index (χ2v) is 5.18. The monoisotopic (exact) mass is 226 g/mol. The molecule has 16 heavy (non-hydrogen) atoms. The predicted octanol–water partition coefficient (Wildman–Crippen LogP) is 0.899. The molecule has 0 aromatic heterocycles. The third kappa shape index (κ3) is 2.13. The van der Waals surface area contributed by atoms with E-state index >= 15 is 0 Å². The van der Waals surface area contributed by atoms with E-state index in [1.807, 2.05) is 0 Å². The van der Waals surface area contributed by atoms with Crippen LogP contribution in [-0.2, 0) is 4.79 Å². The van der Waals surface area contributed by atoms with E-state index in [0.717, 1.165) is 6.42 Å². The van der Waals surface area contributed by atoms with Gasteiger partial charge in [0.2, 0.25) is 0 Å². The van der Waals surface area contributed by atoms with Crippen LogP contribution >= 0.6 is 0 Å². The summed E-state index contributed by atoms with van der Waals surface area (Å²) in [5.74, 6) is -0.589. The maximum atomic E-state index is 11.6. The lowest BCUT2D eigenvalue weighted by Gasteiger charge is -2.14. The van der Waals surface area contributed by atoms with Crippen LogP contribution in [0.15, 0.2) is 0 Å². The van der Waals surface area contributed by atoms with E-state index in [1.165, 1.54) is 0 Å². The molecule has 3 atom stereocenters. The first-order valence-corrected chi connectivity index (χ1v) is 5.79. The molecule has 5 nitrogen and oxygen atoms in total. The normalized spacial score (nSPS) is 33.1. The van der Waals surface area contributed by atoms with Crippen LogP contribution in [0.25, 0.3) is 0 Å². The molecule has 0 aromatic carbocycles. The van der Waals surface area contributed by atoms with Gasteiger partial charge in [0, 0.05) is 18.6 Å². The summed E-state index contributed by atoms with van der Waals surface area (Å²) in [7, 11) is 0. The summed E-state index contributed by atoms with van der Waals surface area (Å²) in [5.41, 5.74) is 0. The van der Waals surface area contributed by atoms with E-state index in [2.05, 4.69) is 19.2 Å². The number of nitrogens with zero attached hydrogens (tertiary/aromatic N) is 1. The van der Waals surface area contributed by atoms with Crippen LogP contribution < -0.4 is 5.32 Å². The van der Waals surface area contributed by atoms with Crippen LogP contribution in [0, 0.1) is 11.8 Å². The Bertz CT molecular complexity index is 316. The van der Waals surface area contributed by atoms with Crippen molar-refractivity contribution >= 4 is 12.0 Å². The van der Waals surface area contributed by atoms with Crippen molar-refractivity contribution in [2.75, 3.05) is 6.54 Å². The summed E-state index contributed by atoms with van der Waals surface area (Å²) in [4.78, 5) is 24.1. The zero-order valence-corrected chi connectivity index (χ0v) is 9.64. The van der Waals surface area contributed by atoms with Gasteiger partial charge in [-0.25, -0.2) is 4.79 Å². The van der Waals surface area contributed by atoms with Gasteiger partial charge < -0.3 is 15.3 Å². The first kappa shape index (κ1) is 11.2. The highest BCUT2D eigenvalue weighted by Crippen LogP contribution is 2.37. The molecule has 0 radical (unpaired) electrons. The van der Waals surface area contributed by atoms with Crippen molar-refractivity contribution in [3.05, 3.63) is 0 Å². The number of rotatable bonds is 4. The van der Waals surface area contributed by atoms with E-state index in [1.54, 1.807) is 4.90 Å². The van der Waals surface area contributed by atoms with Crippen molar-refractivity contribution in [3.63, 3.8) is 0 Å². The molecule has 2 fully saturated rings. The SMILES string of the molecule is CC(C)CC1CN(C2CC2C(=O)O)C(=O)N1. The topological polar surface area (TPSA) is 69.6 Å². The van der Waals surface area contributed by atoms with Crippen LogP contribution in [0.5, 0.6) is 0 Å². The molecule has 1 saturated carbocycles. The molecule has 0 aromatic rings. The van der Waals surface area contributed by atoms with Gasteiger partial charge in [-0.15, -0.1) is 0 Å². The average molecular weight is 226 g/mol. The van der Waals surface area contributed by atoms with Gasteiger partial charge in [0.05, 0.1) is 5.92 Å². The zero-order valence-electron chi connectivity index (χ0n) is 9.64. The lowest BCUT2D eigenvalue weighted by atomic mass is 10.0. The number of carboxylic acids is 1. The number of hydrogen-bond acceptors (Lipinski definition) is 2. The molecule has 2 amide bonds. The number of nitrogens with one attached hydrogen (secondary N) is 1. The number of carboxylic acid groups (broad SMARTS) is 1. The van der Waals surface area contributed by atoms with Crippen molar-refractivity contribution in [1.82, 2.24) is 10.2 Å². The van der Waals surface area contributed by atoms with Crippen LogP contribution in [0.1, 0.15) is 26.7 Å². The molecular formula is C11H18N2O3. The number of carbonyl (C=O) groups is 2. The van der Waals surface area contributed by atoms with Crippen molar-refractivity contribution in [1.29, 1.82) is 0 Å². The molecule has 1 heterocycles. The Balaban J connectivity index is 1.89. The van der Waals surface area contributed by atoms with Crippen LogP contribution in [0.2, 0.25) is 0 Å². The van der Waals surface area contributed by atoms with Crippen molar-refractivity contribution in [3.8, 4) is 0 Å². The standard InChI is InChI=1S/C11H18N2O3/c1-6(2)3-7-5-13(11(16)12-7)9-4-8(9)10(14)15/h6-9H,3-5H2,1-2H3,(H,12,16)(H,14,15). The summed E-state index contributed by atoms with van der Waals surface area (Å²) in [6, 6.07) is 0.0107. The molecular weight excluding hydrogens is 208 g/mol. The smallest absolute Gasteiger partial charge is 0.318 e. The van der Waals surface area contributed by atoms with Gasteiger partial charge >= 0.3 is 12.0 Å². The molecule has 2 N–H and O–H groups in total. The molecule has 3 unspecified atom stereocenters. The molecule has 90 valence electrons. The van der Waals surface area contributed by atoms with Crippen molar-refractivity contribution in [2.45, 2.75) is 38.8 Å². The second-order valence-electron chi connectivity index (χ2n) is 5.18. The highest BCUT2D eigenvalue weighted by atomic mass is 16.4. The number of hydrogen-bond donors (Lipinski definition) is 2. The summed E-state index contributed by atoms with van der Waals surface area (Å²) in [5, 5.41) is 11.7. The molecule has 2 aliphatic rings. The summed E-state index contributed by atoms with van der Waals surface area (Å²) in [6.07, 6.45) is 1.56. The Labute approximate surface area is 94.8 Å². The Morgan fingerprint density at radius 2 is 2.31 bits per heavy atom. The number of carbonyl (C=O) groups excluding carboxylic acids is 1. The molecule has 1 aliphatic heterocycles. The van der Waals surface area contributed by atoms with Gasteiger partial charge in [0.25, 0.3) is 0 Å². The van der Waals surface area contributed by atoms with Gasteiger partial charge in [-0.05, 0) is 18.8 Å². The minimum atomic E-state index is -0.787. The van der Waals surface area contributed by atoms with Crippen LogP contribution in [0.4, 0.5) is 4.79 Å². The summed E-state index contributed by atoms with van der Waals surface area (Å²) < 4.78 is 0. The Hall–Kier alpha value is -1.26. The fraction of sp³-hybridized carbons (Fsp3) is 0.818. The predicted molar refractivity (Wildman–Crippen MR) is 58.0 cm³/mol. The Morgan fingerprint density at radius 3 is 2.81 bits per heavy atom. The quantitative estimate of drug-likeness (QED) is 0.748. The van der Waals surface area contributed by atoms with Crippen molar-refractivity contribution < 1.29 is 14.7 Å². The van der Waals surface area contributed by atoms with Gasteiger partial charge in [0.1, 0.15) is 0 Å². The molecule has 2 rings (SSSR count). The van der Waals surface area contributed by atoms with Crippen LogP contribution in [-0.4, -0.2) is 40.6 Å². The maximum absolute atomic E-state index is 11.6. The Morgan fingerprint density at radius 1 is 1.62 bits per heavy atom. The minimum Gasteiger partial charge on any atom is -0.481 e. The van der Waals surface area contributed by atoms with E-state index in [0.29, 0.717) is 18.9 Å². The molecule has 5 heteroatoms. The number of aliphatic carboxylic acids is 1. The first-order valence-electron chi connectivity index (χ1n) is 5.79. The molecule has 1 aliphatic carbocycles.